The highest BCUT2D eigenvalue weighted by Gasteiger charge is 2.14. The summed E-state index contributed by atoms with van der Waals surface area (Å²) >= 11 is 7.29. The van der Waals surface area contributed by atoms with E-state index in [9.17, 15) is 14.7 Å². The molecule has 0 aliphatic rings. The summed E-state index contributed by atoms with van der Waals surface area (Å²) in [6.07, 6.45) is 0.236. The van der Waals surface area contributed by atoms with E-state index in [0.717, 1.165) is 10.4 Å². The minimum Gasteiger partial charge on any atom is -0.478 e. The highest BCUT2D eigenvalue weighted by atomic mass is 35.5. The van der Waals surface area contributed by atoms with Crippen LogP contribution in [0.2, 0.25) is 5.02 Å². The number of nitrogens with zero attached hydrogens (tertiary/aromatic N) is 1. The van der Waals surface area contributed by atoms with Crippen molar-refractivity contribution in [2.24, 2.45) is 0 Å². The van der Waals surface area contributed by atoms with Crippen LogP contribution in [0.5, 0.6) is 0 Å². The van der Waals surface area contributed by atoms with E-state index in [0.29, 0.717) is 26.6 Å². The van der Waals surface area contributed by atoms with Crippen LogP contribution in [0.4, 0.5) is 0 Å². The minimum atomic E-state index is -1.01. The van der Waals surface area contributed by atoms with Gasteiger partial charge in [0.15, 0.2) is 0 Å². The molecular weight excluding hydrogens is 384 g/mol. The van der Waals surface area contributed by atoms with Crippen LogP contribution in [0.25, 0.3) is 20.7 Å². The Labute approximate surface area is 162 Å². The van der Waals surface area contributed by atoms with E-state index in [1.165, 1.54) is 17.4 Å². The van der Waals surface area contributed by atoms with Crippen molar-refractivity contribution in [2.45, 2.75) is 6.42 Å². The molecule has 4 rings (SSSR count). The Morgan fingerprint density at radius 1 is 1.15 bits per heavy atom. The zero-order valence-electron chi connectivity index (χ0n) is 13.9. The smallest absolute Gasteiger partial charge is 0.335 e. The van der Waals surface area contributed by atoms with Crippen molar-refractivity contribution in [3.05, 3.63) is 86.9 Å². The fourth-order valence-electron chi connectivity index (χ4n) is 2.89. The van der Waals surface area contributed by atoms with Gasteiger partial charge in [0.1, 0.15) is 10.5 Å². The Balaban J connectivity index is 1.75. The molecule has 0 aliphatic carbocycles. The molecule has 0 unspecified atom stereocenters. The first kappa shape index (κ1) is 17.5. The molecular formula is C20H13ClN2O3S. The molecule has 0 saturated heterocycles. The molecule has 0 bridgehead atoms. The first-order chi connectivity index (χ1) is 13.0. The molecule has 0 fully saturated rings. The number of hydrogen-bond acceptors (Lipinski definition) is 4. The van der Waals surface area contributed by atoms with Gasteiger partial charge in [0.2, 0.25) is 0 Å². The summed E-state index contributed by atoms with van der Waals surface area (Å²) in [6, 6.07) is 15.9. The Morgan fingerprint density at radius 3 is 2.63 bits per heavy atom. The van der Waals surface area contributed by atoms with Crippen LogP contribution in [0, 0.1) is 0 Å². The third-order valence-corrected chi connectivity index (χ3v) is 5.59. The maximum atomic E-state index is 12.5. The number of aromatic amines is 1. The lowest BCUT2D eigenvalue weighted by atomic mass is 10.0. The Kier molecular flexibility index (Phi) is 4.51. The van der Waals surface area contributed by atoms with Crippen LogP contribution in [-0.2, 0) is 6.42 Å². The Hall–Kier alpha value is -2.96. The minimum absolute atomic E-state index is 0.201. The van der Waals surface area contributed by atoms with Gasteiger partial charge >= 0.3 is 5.97 Å². The van der Waals surface area contributed by atoms with Gasteiger partial charge in [0, 0.05) is 16.3 Å². The molecule has 0 saturated carbocycles. The Morgan fingerprint density at radius 2 is 1.89 bits per heavy atom. The first-order valence-electron chi connectivity index (χ1n) is 8.11. The van der Waals surface area contributed by atoms with Gasteiger partial charge in [-0.3, -0.25) is 4.79 Å². The monoisotopic (exact) mass is 396 g/mol. The maximum Gasteiger partial charge on any atom is 0.335 e. The Bertz CT molecular complexity index is 1210. The zero-order chi connectivity index (χ0) is 19.0. The predicted molar refractivity (Wildman–Crippen MR) is 107 cm³/mol. The second kappa shape index (κ2) is 6.98. The predicted octanol–water partition coefficient (Wildman–Crippen LogP) is 4.59. The van der Waals surface area contributed by atoms with E-state index < -0.39 is 5.97 Å². The number of hydrogen-bond donors (Lipinski definition) is 2. The lowest BCUT2D eigenvalue weighted by Crippen LogP contribution is -2.12. The lowest BCUT2D eigenvalue weighted by Gasteiger charge is -2.05. The molecule has 2 aromatic carbocycles. The highest BCUT2D eigenvalue weighted by molar-refractivity contribution is 7.22. The van der Waals surface area contributed by atoms with E-state index in [4.69, 9.17) is 11.6 Å². The number of carboxylic acids is 1. The van der Waals surface area contributed by atoms with E-state index in [2.05, 4.69) is 9.97 Å². The van der Waals surface area contributed by atoms with Gasteiger partial charge in [-0.05, 0) is 35.4 Å². The van der Waals surface area contributed by atoms with Gasteiger partial charge in [0.25, 0.3) is 5.56 Å². The van der Waals surface area contributed by atoms with Crippen LogP contribution in [0.15, 0.2) is 59.4 Å². The summed E-state index contributed by atoms with van der Waals surface area (Å²) in [5, 5.41) is 9.97. The molecule has 0 amide bonds. The van der Waals surface area contributed by atoms with Crippen LogP contribution >= 0.6 is 22.9 Å². The van der Waals surface area contributed by atoms with Gasteiger partial charge in [0.05, 0.1) is 11.1 Å². The van der Waals surface area contributed by atoms with Gasteiger partial charge in [-0.25, -0.2) is 9.78 Å². The third-order valence-electron chi connectivity index (χ3n) is 4.17. The molecule has 0 spiro atoms. The molecule has 2 heterocycles. The van der Waals surface area contributed by atoms with Crippen molar-refractivity contribution in [3.63, 3.8) is 0 Å². The van der Waals surface area contributed by atoms with Gasteiger partial charge in [-0.2, -0.15) is 0 Å². The van der Waals surface area contributed by atoms with Crippen LogP contribution in [0.3, 0.4) is 0 Å². The number of thiophene rings is 1. The standard InChI is InChI=1S/C20H13ClN2O3S/c21-13-7-5-11(6-8-13)16-10-15-18(27-16)19(24)23-17(22-15)9-12-3-1-2-4-14(12)20(25)26/h1-8,10H,9H2,(H,25,26)(H,22,23,24). The number of benzene rings is 2. The second-order valence-electron chi connectivity index (χ2n) is 5.98. The molecule has 0 aliphatic heterocycles. The SMILES string of the molecule is O=C(O)c1ccccc1Cc1nc2cc(-c3ccc(Cl)cc3)sc2c(=O)[nH]1. The topological polar surface area (TPSA) is 83.0 Å². The maximum absolute atomic E-state index is 12.5. The van der Waals surface area contributed by atoms with Crippen LogP contribution < -0.4 is 5.56 Å². The summed E-state index contributed by atoms with van der Waals surface area (Å²) in [5.41, 5.74) is 2.12. The van der Waals surface area contributed by atoms with E-state index in [1.807, 2.05) is 18.2 Å². The quantitative estimate of drug-likeness (QED) is 0.528. The first-order valence-corrected chi connectivity index (χ1v) is 9.30. The van der Waals surface area contributed by atoms with Crippen LogP contribution in [-0.4, -0.2) is 21.0 Å². The van der Waals surface area contributed by atoms with Crippen molar-refractivity contribution < 1.29 is 9.90 Å². The van der Waals surface area contributed by atoms with E-state index in [-0.39, 0.29) is 17.5 Å². The summed E-state index contributed by atoms with van der Waals surface area (Å²) in [6.45, 7) is 0. The van der Waals surface area contributed by atoms with Gasteiger partial charge in [-0.15, -0.1) is 11.3 Å². The van der Waals surface area contributed by atoms with Gasteiger partial charge in [-0.1, -0.05) is 41.9 Å². The lowest BCUT2D eigenvalue weighted by molar-refractivity contribution is 0.0696. The molecule has 7 heteroatoms. The average Bonchev–Trinajstić information content (AvgIpc) is 3.07. The van der Waals surface area contributed by atoms with Crippen molar-refractivity contribution >= 4 is 39.1 Å². The number of rotatable bonds is 4. The second-order valence-corrected chi connectivity index (χ2v) is 7.47. The summed E-state index contributed by atoms with van der Waals surface area (Å²) < 4.78 is 0.537. The highest BCUT2D eigenvalue weighted by Crippen LogP contribution is 2.31. The number of nitrogens with one attached hydrogen (secondary N) is 1. The molecule has 27 heavy (non-hydrogen) atoms. The molecule has 2 N–H and O–H groups in total. The summed E-state index contributed by atoms with van der Waals surface area (Å²) in [7, 11) is 0. The van der Waals surface area contributed by atoms with Crippen molar-refractivity contribution in [1.82, 2.24) is 9.97 Å². The number of halogens is 1. The summed E-state index contributed by atoms with van der Waals surface area (Å²) in [5.74, 6) is -0.573. The number of carbonyl (C=O) groups is 1. The van der Waals surface area contributed by atoms with Crippen molar-refractivity contribution in [1.29, 1.82) is 0 Å². The third kappa shape index (κ3) is 3.49. The molecule has 5 nitrogen and oxygen atoms in total. The van der Waals surface area contributed by atoms with E-state index in [1.54, 1.807) is 30.3 Å². The molecule has 2 aromatic heterocycles. The zero-order valence-corrected chi connectivity index (χ0v) is 15.5. The molecule has 0 atom stereocenters. The number of fused-ring (bicyclic) bond motifs is 1. The summed E-state index contributed by atoms with van der Waals surface area (Å²) in [4.78, 5) is 32.1. The number of aromatic carboxylic acids is 1. The van der Waals surface area contributed by atoms with Crippen molar-refractivity contribution in [2.75, 3.05) is 0 Å². The number of aromatic nitrogens is 2. The van der Waals surface area contributed by atoms with Crippen molar-refractivity contribution in [3.8, 4) is 10.4 Å². The largest absolute Gasteiger partial charge is 0.478 e. The van der Waals surface area contributed by atoms with Gasteiger partial charge < -0.3 is 10.1 Å². The molecule has 4 aromatic rings. The number of carboxylic acid groups (broad SMARTS) is 1. The van der Waals surface area contributed by atoms with E-state index >= 15 is 0 Å². The normalized spacial score (nSPS) is 11.0. The molecule has 0 radical (unpaired) electrons. The number of H-pyrrole nitrogens is 1. The molecule has 134 valence electrons. The fourth-order valence-corrected chi connectivity index (χ4v) is 4.02. The average molecular weight is 397 g/mol. The van der Waals surface area contributed by atoms with Crippen LogP contribution in [0.1, 0.15) is 21.7 Å². The fraction of sp³-hybridized carbons (Fsp3) is 0.0500.